The van der Waals surface area contributed by atoms with E-state index < -0.39 is 5.56 Å². The van der Waals surface area contributed by atoms with E-state index in [1.54, 1.807) is 25.1 Å². The van der Waals surface area contributed by atoms with Gasteiger partial charge in [0.15, 0.2) is 5.69 Å². The zero-order chi connectivity index (χ0) is 18.7. The van der Waals surface area contributed by atoms with Gasteiger partial charge < -0.3 is 9.84 Å². The third-order valence-electron chi connectivity index (χ3n) is 4.75. The van der Waals surface area contributed by atoms with Gasteiger partial charge in [-0.15, -0.1) is 10.2 Å². The monoisotopic (exact) mass is 352 g/mol. The lowest BCUT2D eigenvalue weighted by molar-refractivity contribution is 0.368. The van der Waals surface area contributed by atoms with Crippen LogP contribution in [0.2, 0.25) is 0 Å². The van der Waals surface area contributed by atoms with E-state index >= 15 is 0 Å². The van der Waals surface area contributed by atoms with E-state index in [-0.39, 0.29) is 23.2 Å². The number of benzene rings is 1. The zero-order valence-corrected chi connectivity index (χ0v) is 14.8. The molecule has 1 heterocycles. The molecular weight excluding hydrogens is 332 g/mol. The molecule has 1 fully saturated rings. The SMILES string of the molecule is COc1ccccc1N=Nc1c(C)c(C#N)c(O)n(C2CCCC2)c1=O. The van der Waals surface area contributed by atoms with Crippen LogP contribution in [0.5, 0.6) is 11.6 Å². The van der Waals surface area contributed by atoms with E-state index in [9.17, 15) is 15.2 Å². The van der Waals surface area contributed by atoms with Crippen LogP contribution in [0, 0.1) is 18.3 Å². The van der Waals surface area contributed by atoms with Gasteiger partial charge in [-0.3, -0.25) is 9.36 Å². The summed E-state index contributed by atoms with van der Waals surface area (Å²) in [6.45, 7) is 1.59. The summed E-state index contributed by atoms with van der Waals surface area (Å²) in [5, 5.41) is 28.1. The highest BCUT2D eigenvalue weighted by molar-refractivity contribution is 5.57. The number of para-hydroxylation sites is 1. The maximum absolute atomic E-state index is 13.0. The Bertz CT molecular complexity index is 950. The van der Waals surface area contributed by atoms with Gasteiger partial charge in [0.1, 0.15) is 23.1 Å². The summed E-state index contributed by atoms with van der Waals surface area (Å²) >= 11 is 0. The molecule has 0 atom stereocenters. The molecule has 1 aromatic carbocycles. The quantitative estimate of drug-likeness (QED) is 0.830. The summed E-state index contributed by atoms with van der Waals surface area (Å²) in [7, 11) is 1.53. The summed E-state index contributed by atoms with van der Waals surface area (Å²) < 4.78 is 6.53. The molecule has 1 aliphatic carbocycles. The number of aromatic nitrogens is 1. The minimum atomic E-state index is -0.426. The first-order valence-electron chi connectivity index (χ1n) is 8.51. The lowest BCUT2D eigenvalue weighted by atomic mass is 10.1. The number of azo groups is 1. The summed E-state index contributed by atoms with van der Waals surface area (Å²) in [5.41, 5.74) is 0.503. The molecule has 0 bridgehead atoms. The number of hydrogen-bond acceptors (Lipinski definition) is 6. The lowest BCUT2D eigenvalue weighted by Crippen LogP contribution is -2.24. The molecule has 0 spiro atoms. The highest BCUT2D eigenvalue weighted by atomic mass is 16.5. The Morgan fingerprint density at radius 2 is 1.96 bits per heavy atom. The smallest absolute Gasteiger partial charge is 0.281 e. The minimum absolute atomic E-state index is 0.0606. The van der Waals surface area contributed by atoms with Gasteiger partial charge in [-0.05, 0) is 31.9 Å². The van der Waals surface area contributed by atoms with Gasteiger partial charge in [-0.1, -0.05) is 25.0 Å². The van der Waals surface area contributed by atoms with Crippen molar-refractivity contribution in [2.24, 2.45) is 10.2 Å². The minimum Gasteiger partial charge on any atom is -0.494 e. The van der Waals surface area contributed by atoms with E-state index in [4.69, 9.17) is 4.74 Å². The van der Waals surface area contributed by atoms with Crippen LogP contribution in [0.25, 0.3) is 0 Å². The molecule has 0 radical (unpaired) electrons. The Balaban J connectivity index is 2.15. The molecular formula is C19H20N4O3. The Morgan fingerprint density at radius 3 is 2.62 bits per heavy atom. The molecule has 7 heteroatoms. The predicted molar refractivity (Wildman–Crippen MR) is 96.5 cm³/mol. The van der Waals surface area contributed by atoms with Gasteiger partial charge in [0.05, 0.1) is 7.11 Å². The summed E-state index contributed by atoms with van der Waals surface area (Å²) in [4.78, 5) is 13.0. The van der Waals surface area contributed by atoms with Gasteiger partial charge >= 0.3 is 0 Å². The van der Waals surface area contributed by atoms with Crippen molar-refractivity contribution in [3.8, 4) is 17.7 Å². The van der Waals surface area contributed by atoms with Gasteiger partial charge in [0.25, 0.3) is 5.56 Å². The molecule has 2 aromatic rings. The molecule has 0 unspecified atom stereocenters. The number of aromatic hydroxyl groups is 1. The Hall–Kier alpha value is -3.14. The van der Waals surface area contributed by atoms with Gasteiger partial charge in [0, 0.05) is 11.6 Å². The third kappa shape index (κ3) is 3.06. The zero-order valence-electron chi connectivity index (χ0n) is 14.8. The molecule has 1 aliphatic rings. The van der Waals surface area contributed by atoms with E-state index in [1.807, 2.05) is 12.1 Å². The van der Waals surface area contributed by atoms with Crippen LogP contribution in [0.4, 0.5) is 11.4 Å². The van der Waals surface area contributed by atoms with Gasteiger partial charge in [-0.25, -0.2) is 0 Å². The van der Waals surface area contributed by atoms with E-state index in [0.717, 1.165) is 25.7 Å². The molecule has 1 saturated carbocycles. The van der Waals surface area contributed by atoms with E-state index in [0.29, 0.717) is 17.0 Å². The highest BCUT2D eigenvalue weighted by Crippen LogP contribution is 2.35. The second-order valence-corrected chi connectivity index (χ2v) is 6.27. The molecule has 0 saturated heterocycles. The molecule has 26 heavy (non-hydrogen) atoms. The summed E-state index contributed by atoms with van der Waals surface area (Å²) in [5.74, 6) is 0.252. The van der Waals surface area contributed by atoms with E-state index in [1.165, 1.54) is 11.7 Å². The third-order valence-corrected chi connectivity index (χ3v) is 4.75. The van der Waals surface area contributed by atoms with Crippen LogP contribution in [0.15, 0.2) is 39.3 Å². The fourth-order valence-corrected chi connectivity index (χ4v) is 3.35. The summed E-state index contributed by atoms with van der Waals surface area (Å²) in [6, 6.07) is 8.93. The van der Waals surface area contributed by atoms with Gasteiger partial charge in [0.2, 0.25) is 5.88 Å². The topological polar surface area (TPSA) is 100.0 Å². The van der Waals surface area contributed by atoms with Crippen molar-refractivity contribution < 1.29 is 9.84 Å². The molecule has 1 N–H and O–H groups in total. The van der Waals surface area contributed by atoms with Crippen molar-refractivity contribution in [3.63, 3.8) is 0 Å². The van der Waals surface area contributed by atoms with Crippen molar-refractivity contribution >= 4 is 11.4 Å². The standard InChI is InChI=1S/C19H20N4O3/c1-12-14(11-20)18(24)23(13-7-3-4-8-13)19(25)17(12)22-21-15-9-5-6-10-16(15)26-2/h5-6,9-10,13,24H,3-4,7-8H2,1-2H3. The van der Waals surface area contributed by atoms with Crippen LogP contribution in [-0.2, 0) is 0 Å². The number of nitriles is 1. The van der Waals surface area contributed by atoms with Crippen molar-refractivity contribution in [2.45, 2.75) is 38.6 Å². The molecule has 0 aliphatic heterocycles. The number of hydrogen-bond donors (Lipinski definition) is 1. The second-order valence-electron chi connectivity index (χ2n) is 6.27. The number of methoxy groups -OCH3 is 1. The first-order valence-corrected chi connectivity index (χ1v) is 8.51. The largest absolute Gasteiger partial charge is 0.494 e. The molecule has 0 amide bonds. The number of rotatable bonds is 4. The van der Waals surface area contributed by atoms with Gasteiger partial charge in [-0.2, -0.15) is 5.26 Å². The molecule has 3 rings (SSSR count). The van der Waals surface area contributed by atoms with Crippen LogP contribution in [0.3, 0.4) is 0 Å². The average molecular weight is 352 g/mol. The molecule has 7 nitrogen and oxygen atoms in total. The van der Waals surface area contributed by atoms with Crippen LogP contribution in [0.1, 0.15) is 42.9 Å². The van der Waals surface area contributed by atoms with Crippen LogP contribution in [-0.4, -0.2) is 16.8 Å². The Labute approximate surface area is 151 Å². The van der Waals surface area contributed by atoms with Crippen molar-refractivity contribution in [1.82, 2.24) is 4.57 Å². The number of ether oxygens (including phenoxy) is 1. The second kappa shape index (κ2) is 7.40. The average Bonchev–Trinajstić information content (AvgIpc) is 3.16. The maximum atomic E-state index is 13.0. The van der Waals surface area contributed by atoms with Crippen LogP contribution >= 0.6 is 0 Å². The Kier molecular flexibility index (Phi) is 5.03. The van der Waals surface area contributed by atoms with E-state index in [2.05, 4.69) is 10.2 Å². The van der Waals surface area contributed by atoms with Crippen LogP contribution < -0.4 is 10.3 Å². The highest BCUT2D eigenvalue weighted by Gasteiger charge is 2.26. The first-order chi connectivity index (χ1) is 12.6. The maximum Gasteiger partial charge on any atom is 0.281 e. The fraction of sp³-hybridized carbons (Fsp3) is 0.368. The van der Waals surface area contributed by atoms with Crippen molar-refractivity contribution in [2.75, 3.05) is 7.11 Å². The predicted octanol–water partition coefficient (Wildman–Crippen LogP) is 4.27. The molecule has 1 aromatic heterocycles. The normalized spacial score (nSPS) is 14.7. The van der Waals surface area contributed by atoms with Crippen molar-refractivity contribution in [1.29, 1.82) is 5.26 Å². The fourth-order valence-electron chi connectivity index (χ4n) is 3.35. The van der Waals surface area contributed by atoms with Crippen molar-refractivity contribution in [3.05, 3.63) is 45.7 Å². The summed E-state index contributed by atoms with van der Waals surface area (Å²) in [6.07, 6.45) is 3.57. The number of nitrogens with zero attached hydrogens (tertiary/aromatic N) is 4. The first kappa shape index (κ1) is 17.7. The number of pyridine rings is 1. The Morgan fingerprint density at radius 1 is 1.27 bits per heavy atom. The lowest BCUT2D eigenvalue weighted by Gasteiger charge is -2.18. The molecule has 134 valence electrons.